The van der Waals surface area contributed by atoms with E-state index in [9.17, 15) is 8.78 Å². The quantitative estimate of drug-likeness (QED) is 0.704. The van der Waals surface area contributed by atoms with Crippen LogP contribution in [0.1, 0.15) is 16.8 Å². The van der Waals surface area contributed by atoms with E-state index < -0.39 is 11.6 Å². The van der Waals surface area contributed by atoms with Crippen LogP contribution >= 0.6 is 15.9 Å². The summed E-state index contributed by atoms with van der Waals surface area (Å²) in [4.78, 5) is 7.41. The highest BCUT2D eigenvalue weighted by molar-refractivity contribution is 9.10. The third-order valence-corrected chi connectivity index (χ3v) is 4.39. The Morgan fingerprint density at radius 1 is 1.08 bits per heavy atom. The number of nitrogens with one attached hydrogen (secondary N) is 1. The monoisotopic (exact) mass is 396 g/mol. The van der Waals surface area contributed by atoms with Gasteiger partial charge in [0.15, 0.2) is 23.1 Å². The normalized spacial score (nSPS) is 11.1. The Kier molecular flexibility index (Phi) is 4.45. The molecular weight excluding hydrogens is 382 g/mol. The highest BCUT2D eigenvalue weighted by atomic mass is 79.9. The van der Waals surface area contributed by atoms with Gasteiger partial charge >= 0.3 is 0 Å². The van der Waals surface area contributed by atoms with Crippen LogP contribution in [-0.4, -0.2) is 24.2 Å². The largest absolute Gasteiger partial charge is 0.494 e. The molecule has 24 heavy (non-hydrogen) atoms. The number of aromatic nitrogens is 2. The molecule has 0 spiro atoms. The van der Waals surface area contributed by atoms with Gasteiger partial charge in [-0.1, -0.05) is 0 Å². The minimum atomic E-state index is -0.729. The van der Waals surface area contributed by atoms with Gasteiger partial charge in [-0.3, -0.25) is 0 Å². The number of aromatic amines is 1. The van der Waals surface area contributed by atoms with Crippen molar-refractivity contribution in [2.75, 3.05) is 14.2 Å². The first-order chi connectivity index (χ1) is 11.5. The molecule has 1 N–H and O–H groups in total. The third-order valence-electron chi connectivity index (χ3n) is 3.96. The molecule has 0 saturated carbocycles. The van der Waals surface area contributed by atoms with Crippen molar-refractivity contribution < 1.29 is 18.3 Å². The second-order valence-corrected chi connectivity index (χ2v) is 6.26. The molecule has 2 aromatic heterocycles. The highest BCUT2D eigenvalue weighted by Gasteiger charge is 2.22. The van der Waals surface area contributed by atoms with Crippen molar-refractivity contribution in [1.29, 1.82) is 0 Å². The third kappa shape index (κ3) is 2.73. The first kappa shape index (κ1) is 16.7. The smallest absolute Gasteiger partial charge is 0.171 e. The lowest BCUT2D eigenvalue weighted by molar-refractivity contribution is 0.354. The van der Waals surface area contributed by atoms with Gasteiger partial charge in [0, 0.05) is 39.8 Å². The van der Waals surface area contributed by atoms with Gasteiger partial charge in [0.1, 0.15) is 5.65 Å². The summed E-state index contributed by atoms with van der Waals surface area (Å²) in [5.41, 5.74) is 2.14. The number of pyridine rings is 1. The van der Waals surface area contributed by atoms with E-state index in [0.29, 0.717) is 5.65 Å². The number of fused-ring (bicyclic) bond motifs is 1. The van der Waals surface area contributed by atoms with E-state index >= 15 is 0 Å². The zero-order valence-corrected chi connectivity index (χ0v) is 14.9. The summed E-state index contributed by atoms with van der Waals surface area (Å²) in [6.07, 6.45) is 1.72. The summed E-state index contributed by atoms with van der Waals surface area (Å²) in [5, 5.41) is 0.808. The van der Waals surface area contributed by atoms with Gasteiger partial charge in [0.25, 0.3) is 0 Å². The molecule has 7 heteroatoms. The minimum Gasteiger partial charge on any atom is -0.494 e. The van der Waals surface area contributed by atoms with Crippen molar-refractivity contribution >= 4 is 27.0 Å². The van der Waals surface area contributed by atoms with Crippen LogP contribution in [0.4, 0.5) is 8.78 Å². The second-order valence-electron chi connectivity index (χ2n) is 5.34. The molecule has 0 fully saturated rings. The van der Waals surface area contributed by atoms with Gasteiger partial charge in [-0.25, -0.2) is 13.8 Å². The van der Waals surface area contributed by atoms with Crippen LogP contribution in [0, 0.1) is 18.6 Å². The Bertz CT molecular complexity index is 897. The number of aryl methyl sites for hydroxylation is 1. The second kappa shape index (κ2) is 6.39. The van der Waals surface area contributed by atoms with E-state index in [0.717, 1.165) is 21.1 Å². The molecule has 0 aliphatic carbocycles. The number of rotatable bonds is 4. The molecule has 0 saturated heterocycles. The maximum atomic E-state index is 14.6. The number of hydrogen-bond acceptors (Lipinski definition) is 3. The number of methoxy groups -OCH3 is 2. The Balaban J connectivity index is 2.18. The summed E-state index contributed by atoms with van der Waals surface area (Å²) in [6, 6.07) is 3.07. The van der Waals surface area contributed by atoms with Gasteiger partial charge in [-0.15, -0.1) is 0 Å². The lowest BCUT2D eigenvalue weighted by Crippen LogP contribution is -2.03. The maximum absolute atomic E-state index is 14.6. The molecule has 0 aliphatic rings. The standard InChI is InChI=1S/C17H15BrF2N2O2/c1-8-10(11-4-9(18)7-21-17(11)22-8)5-12-15(19)13(23-2)6-14(24-3)16(12)20/h4,6-7H,5H2,1-3H3,(H,21,22). The Hall–Kier alpha value is -2.15. The topological polar surface area (TPSA) is 47.1 Å². The summed E-state index contributed by atoms with van der Waals surface area (Å²) >= 11 is 3.37. The molecule has 0 atom stereocenters. The van der Waals surface area contributed by atoms with Crippen molar-refractivity contribution in [2.45, 2.75) is 13.3 Å². The fourth-order valence-corrected chi connectivity index (χ4v) is 3.05. The number of benzene rings is 1. The van der Waals surface area contributed by atoms with Crippen molar-refractivity contribution in [3.8, 4) is 11.5 Å². The van der Waals surface area contributed by atoms with E-state index in [-0.39, 0.29) is 23.5 Å². The summed E-state index contributed by atoms with van der Waals surface area (Å²) in [5.74, 6) is -1.57. The number of halogens is 3. The van der Waals surface area contributed by atoms with E-state index in [4.69, 9.17) is 9.47 Å². The lowest BCUT2D eigenvalue weighted by Gasteiger charge is -2.13. The van der Waals surface area contributed by atoms with Crippen LogP contribution in [0.15, 0.2) is 22.8 Å². The van der Waals surface area contributed by atoms with Crippen LogP contribution in [0.25, 0.3) is 11.0 Å². The fraction of sp³-hybridized carbons (Fsp3) is 0.235. The molecule has 126 valence electrons. The predicted molar refractivity (Wildman–Crippen MR) is 90.8 cm³/mol. The molecule has 1 aromatic carbocycles. The number of H-pyrrole nitrogens is 1. The number of hydrogen-bond donors (Lipinski definition) is 1. The van der Waals surface area contributed by atoms with Gasteiger partial charge in [0.2, 0.25) is 0 Å². The molecule has 0 bridgehead atoms. The number of ether oxygens (including phenoxy) is 2. The van der Waals surface area contributed by atoms with Crippen molar-refractivity contribution in [3.63, 3.8) is 0 Å². The molecule has 4 nitrogen and oxygen atoms in total. The minimum absolute atomic E-state index is 0.0508. The average Bonchev–Trinajstić information content (AvgIpc) is 2.86. The molecule has 3 rings (SSSR count). The first-order valence-electron chi connectivity index (χ1n) is 7.17. The SMILES string of the molecule is COc1cc(OC)c(F)c(Cc2c(C)[nH]c3ncc(Br)cc23)c1F. The highest BCUT2D eigenvalue weighted by Crippen LogP contribution is 2.34. The Morgan fingerprint density at radius 2 is 1.71 bits per heavy atom. The van der Waals surface area contributed by atoms with Gasteiger partial charge < -0.3 is 14.5 Å². The molecule has 3 aromatic rings. The van der Waals surface area contributed by atoms with Gasteiger partial charge in [-0.05, 0) is 34.5 Å². The molecule has 0 radical (unpaired) electrons. The Labute approximate surface area is 145 Å². The molecule has 0 amide bonds. The zero-order valence-electron chi connectivity index (χ0n) is 13.3. The van der Waals surface area contributed by atoms with Crippen LogP contribution in [-0.2, 0) is 6.42 Å². The van der Waals surface area contributed by atoms with E-state index in [1.807, 2.05) is 13.0 Å². The van der Waals surface area contributed by atoms with Crippen LogP contribution in [0.5, 0.6) is 11.5 Å². The zero-order chi connectivity index (χ0) is 17.4. The molecule has 2 heterocycles. The Morgan fingerprint density at radius 3 is 2.29 bits per heavy atom. The number of nitrogens with zero attached hydrogens (tertiary/aromatic N) is 1. The van der Waals surface area contributed by atoms with Crippen LogP contribution in [0.3, 0.4) is 0 Å². The van der Waals surface area contributed by atoms with Crippen molar-refractivity contribution in [2.24, 2.45) is 0 Å². The van der Waals surface area contributed by atoms with Gasteiger partial charge in [0.05, 0.1) is 14.2 Å². The summed E-state index contributed by atoms with van der Waals surface area (Å²) < 4.78 is 40.0. The van der Waals surface area contributed by atoms with Gasteiger partial charge in [-0.2, -0.15) is 0 Å². The fourth-order valence-electron chi connectivity index (χ4n) is 2.72. The van der Waals surface area contributed by atoms with E-state index in [2.05, 4.69) is 25.9 Å². The summed E-state index contributed by atoms with van der Waals surface area (Å²) in [6.45, 7) is 1.85. The van der Waals surface area contributed by atoms with E-state index in [1.54, 1.807) is 6.20 Å². The lowest BCUT2D eigenvalue weighted by atomic mass is 10.0. The van der Waals surface area contributed by atoms with Crippen molar-refractivity contribution in [1.82, 2.24) is 9.97 Å². The summed E-state index contributed by atoms with van der Waals surface area (Å²) in [7, 11) is 2.66. The van der Waals surface area contributed by atoms with Crippen molar-refractivity contribution in [3.05, 3.63) is 51.3 Å². The molecule has 0 unspecified atom stereocenters. The predicted octanol–water partition coefficient (Wildman–Crippen LogP) is 4.52. The average molecular weight is 397 g/mol. The molecule has 0 aliphatic heterocycles. The van der Waals surface area contributed by atoms with Crippen LogP contribution in [0.2, 0.25) is 0 Å². The molecular formula is C17H15BrF2N2O2. The maximum Gasteiger partial charge on any atom is 0.171 e. The van der Waals surface area contributed by atoms with Crippen LogP contribution < -0.4 is 9.47 Å². The first-order valence-corrected chi connectivity index (χ1v) is 7.97. The van der Waals surface area contributed by atoms with E-state index in [1.165, 1.54) is 20.3 Å².